The molecule has 5 heteroatoms. The molecule has 0 bridgehead atoms. The highest BCUT2D eigenvalue weighted by atomic mass is 32.2. The third-order valence-corrected chi connectivity index (χ3v) is 6.03. The van der Waals surface area contributed by atoms with Crippen LogP contribution in [0.5, 0.6) is 0 Å². The second-order valence-electron chi connectivity index (χ2n) is 5.93. The minimum atomic E-state index is -3.23. The first-order chi connectivity index (χ1) is 11.1. The SMILES string of the molecule is O=S(=O)(Cc1ccccc1)N1CCC(Nc2ccccc2)CC1. The number of nitrogens with one attached hydrogen (secondary N) is 1. The van der Waals surface area contributed by atoms with E-state index in [1.165, 1.54) is 0 Å². The first-order valence-electron chi connectivity index (χ1n) is 7.97. The maximum atomic E-state index is 12.5. The highest BCUT2D eigenvalue weighted by molar-refractivity contribution is 7.88. The standard InChI is InChI=1S/C18H22N2O2S/c21-23(22,15-16-7-3-1-4-8-16)20-13-11-18(12-14-20)19-17-9-5-2-6-10-17/h1-10,18-19H,11-15H2. The molecule has 0 saturated carbocycles. The predicted octanol–water partition coefficient (Wildman–Crippen LogP) is 3.09. The molecule has 1 heterocycles. The molecule has 0 unspecified atom stereocenters. The van der Waals surface area contributed by atoms with Crippen LogP contribution >= 0.6 is 0 Å². The molecule has 0 atom stereocenters. The monoisotopic (exact) mass is 330 g/mol. The number of nitrogens with zero attached hydrogens (tertiary/aromatic N) is 1. The molecule has 2 aromatic rings. The Kier molecular flexibility index (Phi) is 4.98. The number of sulfonamides is 1. The molecule has 1 N–H and O–H groups in total. The van der Waals surface area contributed by atoms with E-state index in [1.807, 2.05) is 60.7 Å². The van der Waals surface area contributed by atoms with Gasteiger partial charge in [0.15, 0.2) is 0 Å². The molecule has 0 radical (unpaired) electrons. The minimum Gasteiger partial charge on any atom is -0.382 e. The predicted molar refractivity (Wildman–Crippen MR) is 93.7 cm³/mol. The maximum Gasteiger partial charge on any atom is 0.218 e. The summed E-state index contributed by atoms with van der Waals surface area (Å²) in [5.41, 5.74) is 1.94. The summed E-state index contributed by atoms with van der Waals surface area (Å²) in [5.74, 6) is 0.0879. The van der Waals surface area contributed by atoms with Crippen molar-refractivity contribution in [1.82, 2.24) is 4.31 Å². The number of piperidine rings is 1. The van der Waals surface area contributed by atoms with E-state index in [0.717, 1.165) is 24.1 Å². The summed E-state index contributed by atoms with van der Waals surface area (Å²) in [4.78, 5) is 0. The van der Waals surface area contributed by atoms with Gasteiger partial charge in [0, 0.05) is 24.8 Å². The van der Waals surface area contributed by atoms with Crippen LogP contribution in [0.3, 0.4) is 0 Å². The molecule has 4 nitrogen and oxygen atoms in total. The van der Waals surface area contributed by atoms with Crippen molar-refractivity contribution in [2.24, 2.45) is 0 Å². The van der Waals surface area contributed by atoms with Crippen LogP contribution in [0, 0.1) is 0 Å². The van der Waals surface area contributed by atoms with Crippen LogP contribution < -0.4 is 5.32 Å². The van der Waals surface area contributed by atoms with Crippen molar-refractivity contribution < 1.29 is 8.42 Å². The van der Waals surface area contributed by atoms with Gasteiger partial charge in [0.25, 0.3) is 0 Å². The summed E-state index contributed by atoms with van der Waals surface area (Å²) in [6, 6.07) is 19.8. The summed E-state index contributed by atoms with van der Waals surface area (Å²) in [6.07, 6.45) is 1.67. The number of benzene rings is 2. The van der Waals surface area contributed by atoms with Crippen LogP contribution in [0.4, 0.5) is 5.69 Å². The van der Waals surface area contributed by atoms with Crippen molar-refractivity contribution in [3.63, 3.8) is 0 Å². The fraction of sp³-hybridized carbons (Fsp3) is 0.333. The molecule has 2 aromatic carbocycles. The Balaban J connectivity index is 1.56. The van der Waals surface area contributed by atoms with Gasteiger partial charge in [-0.05, 0) is 30.5 Å². The quantitative estimate of drug-likeness (QED) is 0.916. The fourth-order valence-electron chi connectivity index (χ4n) is 2.92. The molecular weight excluding hydrogens is 308 g/mol. The van der Waals surface area contributed by atoms with Gasteiger partial charge < -0.3 is 5.32 Å². The van der Waals surface area contributed by atoms with Crippen LogP contribution in [-0.4, -0.2) is 31.9 Å². The lowest BCUT2D eigenvalue weighted by Gasteiger charge is -2.32. The summed E-state index contributed by atoms with van der Waals surface area (Å²) < 4.78 is 26.7. The lowest BCUT2D eigenvalue weighted by atomic mass is 10.1. The van der Waals surface area contributed by atoms with E-state index in [0.29, 0.717) is 19.1 Å². The molecule has 1 aliphatic rings. The average molecular weight is 330 g/mol. The summed E-state index contributed by atoms with van der Waals surface area (Å²) in [5, 5.41) is 3.48. The molecule has 23 heavy (non-hydrogen) atoms. The molecule has 3 rings (SSSR count). The van der Waals surface area contributed by atoms with Gasteiger partial charge in [-0.1, -0.05) is 48.5 Å². The number of rotatable bonds is 5. The largest absolute Gasteiger partial charge is 0.382 e. The second kappa shape index (κ2) is 7.15. The average Bonchev–Trinajstić information content (AvgIpc) is 2.57. The van der Waals surface area contributed by atoms with Gasteiger partial charge in [-0.2, -0.15) is 0 Å². The maximum absolute atomic E-state index is 12.5. The number of anilines is 1. The Morgan fingerprint density at radius 2 is 1.48 bits per heavy atom. The molecule has 1 fully saturated rings. The van der Waals surface area contributed by atoms with E-state index in [1.54, 1.807) is 4.31 Å². The number of hydrogen-bond donors (Lipinski definition) is 1. The number of para-hydroxylation sites is 1. The van der Waals surface area contributed by atoms with Crippen molar-refractivity contribution in [3.05, 3.63) is 66.2 Å². The van der Waals surface area contributed by atoms with E-state index in [2.05, 4.69) is 5.32 Å². The third kappa shape index (κ3) is 4.33. The zero-order valence-electron chi connectivity index (χ0n) is 13.1. The van der Waals surface area contributed by atoms with E-state index in [-0.39, 0.29) is 5.75 Å². The fourth-order valence-corrected chi connectivity index (χ4v) is 4.49. The van der Waals surface area contributed by atoms with Crippen molar-refractivity contribution in [2.75, 3.05) is 18.4 Å². The number of hydrogen-bond acceptors (Lipinski definition) is 3. The Hall–Kier alpha value is -1.85. The first-order valence-corrected chi connectivity index (χ1v) is 9.58. The first kappa shape index (κ1) is 16.0. The van der Waals surface area contributed by atoms with Gasteiger partial charge in [0.1, 0.15) is 0 Å². The van der Waals surface area contributed by atoms with E-state index < -0.39 is 10.0 Å². The molecule has 1 aliphatic heterocycles. The highest BCUT2D eigenvalue weighted by Gasteiger charge is 2.27. The van der Waals surface area contributed by atoms with Gasteiger partial charge in [0.05, 0.1) is 5.75 Å². The smallest absolute Gasteiger partial charge is 0.218 e. The summed E-state index contributed by atoms with van der Waals surface area (Å²) in [6.45, 7) is 1.17. The topological polar surface area (TPSA) is 49.4 Å². The zero-order valence-corrected chi connectivity index (χ0v) is 13.9. The Morgan fingerprint density at radius 1 is 0.913 bits per heavy atom. The highest BCUT2D eigenvalue weighted by Crippen LogP contribution is 2.20. The second-order valence-corrected chi connectivity index (χ2v) is 7.89. The minimum absolute atomic E-state index is 0.0879. The molecule has 0 aliphatic carbocycles. The van der Waals surface area contributed by atoms with E-state index in [4.69, 9.17) is 0 Å². The lowest BCUT2D eigenvalue weighted by molar-refractivity contribution is 0.329. The Labute approximate surface area is 138 Å². The molecule has 122 valence electrons. The summed E-state index contributed by atoms with van der Waals surface area (Å²) >= 11 is 0. The summed E-state index contributed by atoms with van der Waals surface area (Å²) in [7, 11) is -3.23. The van der Waals surface area contributed by atoms with Gasteiger partial charge in [-0.25, -0.2) is 12.7 Å². The van der Waals surface area contributed by atoms with Gasteiger partial charge >= 0.3 is 0 Å². The van der Waals surface area contributed by atoms with Gasteiger partial charge in [0.2, 0.25) is 10.0 Å². The van der Waals surface area contributed by atoms with Crippen LogP contribution in [0.1, 0.15) is 18.4 Å². The van der Waals surface area contributed by atoms with Crippen LogP contribution in [0.25, 0.3) is 0 Å². The normalized spacial score (nSPS) is 17.0. The molecule has 0 amide bonds. The van der Waals surface area contributed by atoms with E-state index in [9.17, 15) is 8.42 Å². The zero-order chi connectivity index (χ0) is 16.1. The van der Waals surface area contributed by atoms with Gasteiger partial charge in [-0.3, -0.25) is 0 Å². The molecular formula is C18H22N2O2S. The Bertz CT molecular complexity index is 709. The van der Waals surface area contributed by atoms with Crippen LogP contribution in [0.15, 0.2) is 60.7 Å². The molecule has 1 saturated heterocycles. The van der Waals surface area contributed by atoms with E-state index >= 15 is 0 Å². The molecule has 0 aromatic heterocycles. The van der Waals surface area contributed by atoms with Gasteiger partial charge in [-0.15, -0.1) is 0 Å². The van der Waals surface area contributed by atoms with Crippen molar-refractivity contribution in [3.8, 4) is 0 Å². The van der Waals surface area contributed by atoms with Crippen molar-refractivity contribution in [1.29, 1.82) is 0 Å². The van der Waals surface area contributed by atoms with Crippen molar-refractivity contribution in [2.45, 2.75) is 24.6 Å². The third-order valence-electron chi connectivity index (χ3n) is 4.18. The van der Waals surface area contributed by atoms with Crippen LogP contribution in [-0.2, 0) is 15.8 Å². The van der Waals surface area contributed by atoms with Crippen molar-refractivity contribution >= 4 is 15.7 Å². The molecule has 0 spiro atoms. The Morgan fingerprint density at radius 3 is 2.09 bits per heavy atom. The van der Waals surface area contributed by atoms with Crippen LogP contribution in [0.2, 0.25) is 0 Å². The lowest BCUT2D eigenvalue weighted by Crippen LogP contribution is -2.42.